The molecule has 3 rings (SSSR count). The lowest BCUT2D eigenvalue weighted by atomic mass is 9.85. The van der Waals surface area contributed by atoms with Crippen LogP contribution in [-0.4, -0.2) is 25.7 Å². The normalized spacial score (nSPS) is 49.7. The van der Waals surface area contributed by atoms with E-state index in [4.69, 9.17) is 5.73 Å². The monoisotopic (exact) mass is 126 g/mol. The maximum Gasteiger partial charge on any atom is 0.138 e. The van der Waals surface area contributed by atoms with Crippen LogP contribution in [0.5, 0.6) is 0 Å². The Hall–Kier alpha value is -0.0800. The van der Waals surface area contributed by atoms with Gasteiger partial charge in [-0.1, -0.05) is 0 Å². The SMILES string of the molecule is NC1C[N+]2CCC1CC2. The van der Waals surface area contributed by atoms with Gasteiger partial charge in [-0.2, -0.15) is 4.90 Å². The van der Waals surface area contributed by atoms with Gasteiger partial charge in [-0.25, -0.2) is 0 Å². The van der Waals surface area contributed by atoms with Crippen LogP contribution in [0.4, 0.5) is 0 Å². The molecule has 3 heterocycles. The number of nitrogens with two attached hydrogens (primary N) is 1. The second kappa shape index (κ2) is 1.96. The number of hydrogen-bond donors (Lipinski definition) is 1. The molecule has 2 nitrogen and oxygen atoms in total. The third kappa shape index (κ3) is 0.864. The minimum absolute atomic E-state index is 0.493. The zero-order valence-electron chi connectivity index (χ0n) is 5.71. The van der Waals surface area contributed by atoms with Gasteiger partial charge in [0.2, 0.25) is 0 Å². The van der Waals surface area contributed by atoms with E-state index >= 15 is 0 Å². The largest absolute Gasteiger partial charge is 0.323 e. The van der Waals surface area contributed by atoms with Gasteiger partial charge in [-0.05, 0) is 5.92 Å². The number of hydrogen-bond acceptors (Lipinski definition) is 2. The summed E-state index contributed by atoms with van der Waals surface area (Å²) in [7, 11) is 0. The Morgan fingerprint density at radius 1 is 1.22 bits per heavy atom. The quantitative estimate of drug-likeness (QED) is 0.451. The van der Waals surface area contributed by atoms with Gasteiger partial charge >= 0.3 is 0 Å². The number of nitrogens with zero attached hydrogens (tertiary/aromatic N) is 1. The molecule has 3 fully saturated rings. The highest BCUT2D eigenvalue weighted by atomic mass is 15.2. The summed E-state index contributed by atoms with van der Waals surface area (Å²) in [4.78, 5) is 2.48. The molecule has 51 valence electrons. The molecule has 0 saturated carbocycles. The van der Waals surface area contributed by atoms with Gasteiger partial charge in [0.15, 0.2) is 0 Å². The van der Waals surface area contributed by atoms with Crippen LogP contribution in [0.15, 0.2) is 0 Å². The first-order valence-electron chi connectivity index (χ1n) is 3.84. The highest BCUT2D eigenvalue weighted by Crippen LogP contribution is 2.23. The highest BCUT2D eigenvalue weighted by molar-refractivity contribution is 4.91. The Bertz CT molecular complexity index is 105. The fraction of sp³-hybridized carbons (Fsp3) is 1.00. The minimum atomic E-state index is 0.493. The van der Waals surface area contributed by atoms with Crippen molar-refractivity contribution in [1.29, 1.82) is 0 Å². The van der Waals surface area contributed by atoms with Gasteiger partial charge in [0.1, 0.15) is 19.6 Å². The van der Waals surface area contributed by atoms with E-state index < -0.39 is 0 Å². The Labute approximate surface area is 56.0 Å². The second-order valence-electron chi connectivity index (χ2n) is 3.30. The minimum Gasteiger partial charge on any atom is -0.323 e. The summed E-state index contributed by atoms with van der Waals surface area (Å²) < 4.78 is 0. The van der Waals surface area contributed by atoms with E-state index in [2.05, 4.69) is 4.90 Å². The summed E-state index contributed by atoms with van der Waals surface area (Å²) in [6.45, 7) is 3.77. The van der Waals surface area contributed by atoms with Crippen molar-refractivity contribution in [2.45, 2.75) is 18.9 Å². The predicted octanol–water partition coefficient (Wildman–Crippen LogP) is -0.123. The fourth-order valence-electron chi connectivity index (χ4n) is 2.01. The Morgan fingerprint density at radius 2 is 1.89 bits per heavy atom. The van der Waals surface area contributed by atoms with Gasteiger partial charge in [0, 0.05) is 12.8 Å². The summed E-state index contributed by atoms with van der Waals surface area (Å²) in [5.74, 6) is 0.856. The molecule has 0 aliphatic carbocycles. The fourth-order valence-corrected chi connectivity index (χ4v) is 2.01. The molecule has 0 aromatic rings. The van der Waals surface area contributed by atoms with Crippen LogP contribution in [0.2, 0.25) is 0 Å². The van der Waals surface area contributed by atoms with E-state index in [1.54, 1.807) is 0 Å². The zero-order chi connectivity index (χ0) is 6.27. The lowest BCUT2D eigenvalue weighted by Crippen LogP contribution is -2.57. The van der Waals surface area contributed by atoms with Crippen molar-refractivity contribution in [2.24, 2.45) is 11.7 Å². The molecule has 2 heteroatoms. The van der Waals surface area contributed by atoms with Crippen LogP contribution in [-0.2, 0) is 0 Å². The summed E-state index contributed by atoms with van der Waals surface area (Å²) in [5, 5.41) is 0. The first-order valence-corrected chi connectivity index (χ1v) is 3.84. The number of fused-ring (bicyclic) bond motifs is 3. The highest BCUT2D eigenvalue weighted by Gasteiger charge is 2.38. The molecule has 2 bridgehead atoms. The van der Waals surface area contributed by atoms with E-state index in [0.717, 1.165) is 12.5 Å². The van der Waals surface area contributed by atoms with E-state index in [1.807, 2.05) is 0 Å². The topological polar surface area (TPSA) is 31.9 Å². The first kappa shape index (κ1) is 5.69. The van der Waals surface area contributed by atoms with Crippen molar-refractivity contribution >= 4 is 0 Å². The van der Waals surface area contributed by atoms with E-state index in [-0.39, 0.29) is 0 Å². The third-order valence-corrected chi connectivity index (χ3v) is 2.71. The molecule has 0 aromatic carbocycles. The van der Waals surface area contributed by atoms with Crippen LogP contribution in [0, 0.1) is 5.92 Å². The molecule has 3 saturated heterocycles. The van der Waals surface area contributed by atoms with Crippen LogP contribution >= 0.6 is 0 Å². The van der Waals surface area contributed by atoms with Gasteiger partial charge in [-0.15, -0.1) is 0 Å². The maximum atomic E-state index is 5.88. The lowest BCUT2D eigenvalue weighted by molar-refractivity contribution is 0.162. The lowest BCUT2D eigenvalue weighted by Gasteiger charge is -2.35. The van der Waals surface area contributed by atoms with Crippen molar-refractivity contribution in [3.8, 4) is 0 Å². The molecule has 0 spiro atoms. The molecular formula is C7H14N2+. The average molecular weight is 126 g/mol. The molecule has 0 aromatic heterocycles. The second-order valence-corrected chi connectivity index (χ2v) is 3.30. The van der Waals surface area contributed by atoms with E-state index in [0.29, 0.717) is 6.04 Å². The van der Waals surface area contributed by atoms with E-state index in [1.165, 1.54) is 25.9 Å². The van der Waals surface area contributed by atoms with Gasteiger partial charge in [0.25, 0.3) is 0 Å². The zero-order valence-corrected chi connectivity index (χ0v) is 5.71. The maximum absolute atomic E-state index is 5.88. The summed E-state index contributed by atoms with van der Waals surface area (Å²) >= 11 is 0. The van der Waals surface area contributed by atoms with Crippen LogP contribution in [0.3, 0.4) is 0 Å². The summed E-state index contributed by atoms with van der Waals surface area (Å²) in [6.07, 6.45) is 2.70. The molecule has 9 heavy (non-hydrogen) atoms. The van der Waals surface area contributed by atoms with Crippen molar-refractivity contribution in [1.82, 2.24) is 4.90 Å². The third-order valence-electron chi connectivity index (χ3n) is 2.71. The predicted molar refractivity (Wildman–Crippen MR) is 37.4 cm³/mol. The summed E-state index contributed by atoms with van der Waals surface area (Å²) in [5.41, 5.74) is 5.88. The van der Waals surface area contributed by atoms with Crippen LogP contribution < -0.4 is 10.6 Å². The number of piperidine rings is 3. The van der Waals surface area contributed by atoms with Crippen LogP contribution in [0.25, 0.3) is 0 Å². The molecule has 0 amide bonds. The standard InChI is InChI=1S/C7H14N2/c8-7-5-9-3-1-6(7)2-4-9/h6-7H,1-5,8H2/q+1. The molecule has 3 aliphatic rings. The van der Waals surface area contributed by atoms with Crippen molar-refractivity contribution < 1.29 is 0 Å². The molecule has 3 aliphatic heterocycles. The van der Waals surface area contributed by atoms with Crippen molar-refractivity contribution in [2.75, 3.05) is 19.6 Å². The Balaban J connectivity index is 2.06. The smallest absolute Gasteiger partial charge is 0.138 e. The molecular weight excluding hydrogens is 112 g/mol. The van der Waals surface area contributed by atoms with E-state index in [9.17, 15) is 0 Å². The average Bonchev–Trinajstić information content (AvgIpc) is 1.90. The molecule has 1 radical (unpaired) electrons. The first-order chi connectivity index (χ1) is 4.36. The molecule has 1 unspecified atom stereocenters. The molecule has 2 N–H and O–H groups in total. The molecule has 1 atom stereocenters. The Kier molecular flexibility index (Phi) is 1.24. The van der Waals surface area contributed by atoms with Crippen LogP contribution in [0.1, 0.15) is 12.8 Å². The van der Waals surface area contributed by atoms with Crippen molar-refractivity contribution in [3.63, 3.8) is 0 Å². The summed E-state index contributed by atoms with van der Waals surface area (Å²) in [6, 6.07) is 0.493. The van der Waals surface area contributed by atoms with Gasteiger partial charge in [-0.3, -0.25) is 0 Å². The Morgan fingerprint density at radius 3 is 2.11 bits per heavy atom. The number of rotatable bonds is 0. The van der Waals surface area contributed by atoms with Gasteiger partial charge < -0.3 is 5.73 Å². The van der Waals surface area contributed by atoms with Gasteiger partial charge in [0.05, 0.1) is 6.04 Å². The van der Waals surface area contributed by atoms with Crippen molar-refractivity contribution in [3.05, 3.63) is 0 Å².